The molecule has 33 heavy (non-hydrogen) atoms. The first-order valence-corrected chi connectivity index (χ1v) is 12.0. The maximum absolute atomic E-state index is 12.5. The fraction of sp³-hybridized carbons (Fsp3) is 0.360. The molecule has 170 valence electrons. The van der Waals surface area contributed by atoms with Crippen LogP contribution in [0.15, 0.2) is 36.1 Å². The van der Waals surface area contributed by atoms with Crippen molar-refractivity contribution in [2.24, 2.45) is 10.9 Å². The number of fused-ring (bicyclic) bond motifs is 4. The number of carbonyl (C=O) groups is 1. The summed E-state index contributed by atoms with van der Waals surface area (Å²) in [5.41, 5.74) is 5.72. The van der Waals surface area contributed by atoms with E-state index in [2.05, 4.69) is 50.9 Å². The van der Waals surface area contributed by atoms with Crippen molar-refractivity contribution in [2.75, 3.05) is 37.9 Å². The zero-order chi connectivity index (χ0) is 23.1. The molecule has 0 fully saturated rings. The molecule has 0 bridgehead atoms. The smallest absolute Gasteiger partial charge is 0.225 e. The molecule has 5 rings (SSSR count). The Balaban J connectivity index is 1.54. The van der Waals surface area contributed by atoms with Gasteiger partial charge < -0.3 is 15.1 Å². The second kappa shape index (κ2) is 8.59. The van der Waals surface area contributed by atoms with Gasteiger partial charge in [0, 0.05) is 44.7 Å². The van der Waals surface area contributed by atoms with Crippen LogP contribution in [0.2, 0.25) is 0 Å². The predicted molar refractivity (Wildman–Crippen MR) is 136 cm³/mol. The van der Waals surface area contributed by atoms with Gasteiger partial charge in [-0.2, -0.15) is 0 Å². The molecule has 7 nitrogen and oxygen atoms in total. The molecule has 8 heteroatoms. The number of benzene rings is 1. The van der Waals surface area contributed by atoms with Gasteiger partial charge in [-0.05, 0) is 48.1 Å². The molecular formula is C25H28N6OS. The number of hydrogen-bond donors (Lipinski definition) is 1. The van der Waals surface area contributed by atoms with E-state index in [9.17, 15) is 4.79 Å². The molecular weight excluding hydrogens is 432 g/mol. The number of likely N-dealkylation sites (N-methyl/N-ethyl adjacent to an activating group) is 1. The van der Waals surface area contributed by atoms with Crippen LogP contribution in [0.1, 0.15) is 28.0 Å². The van der Waals surface area contributed by atoms with Crippen molar-refractivity contribution in [3.8, 4) is 0 Å². The Morgan fingerprint density at radius 3 is 2.94 bits per heavy atom. The monoisotopic (exact) mass is 460 g/mol. The largest absolute Gasteiger partial charge is 0.369 e. The van der Waals surface area contributed by atoms with Crippen LogP contribution in [0.5, 0.6) is 0 Å². The summed E-state index contributed by atoms with van der Waals surface area (Å²) >= 11 is 1.69. The van der Waals surface area contributed by atoms with Crippen molar-refractivity contribution in [2.45, 2.75) is 25.8 Å². The molecule has 2 aliphatic rings. The zero-order valence-electron chi connectivity index (χ0n) is 19.3. The molecule has 0 unspecified atom stereocenters. The Labute approximate surface area is 197 Å². The number of aliphatic imine (C=N–C) groups is 1. The van der Waals surface area contributed by atoms with Gasteiger partial charge in [-0.25, -0.2) is 9.97 Å². The summed E-state index contributed by atoms with van der Waals surface area (Å²) in [6.07, 6.45) is 7.94. The molecule has 2 aromatic heterocycles. The standard InChI is InChI=1S/C25H28N6OS/c1-5-8-31(4)20-10-17-13-26-12-16(17)9-19(20)29-23-22-18-7-6-15(25(32)30(2)3)11-21(18)33-24(22)28-14-27-23/h5,9-10,12,14-15H,1,6-8,11,13H2,2-4H3,(H,27,28,29)/t15-/m0/s1. The van der Waals surface area contributed by atoms with Gasteiger partial charge in [0.05, 0.1) is 23.3 Å². The number of aryl methyl sites for hydroxylation is 1. The Bertz CT molecular complexity index is 1280. The van der Waals surface area contributed by atoms with E-state index >= 15 is 0 Å². The normalized spacial score (nSPS) is 16.4. The minimum absolute atomic E-state index is 0.0417. The number of carbonyl (C=O) groups excluding carboxylic acids is 1. The van der Waals surface area contributed by atoms with Gasteiger partial charge in [-0.15, -0.1) is 17.9 Å². The lowest BCUT2D eigenvalue weighted by molar-refractivity contribution is -0.133. The summed E-state index contributed by atoms with van der Waals surface area (Å²) in [4.78, 5) is 32.3. The highest BCUT2D eigenvalue weighted by molar-refractivity contribution is 7.19. The van der Waals surface area contributed by atoms with Gasteiger partial charge in [0.2, 0.25) is 5.91 Å². The van der Waals surface area contributed by atoms with E-state index in [-0.39, 0.29) is 11.8 Å². The summed E-state index contributed by atoms with van der Waals surface area (Å²) in [7, 11) is 5.73. The summed E-state index contributed by atoms with van der Waals surface area (Å²) in [5.74, 6) is 1.07. The van der Waals surface area contributed by atoms with E-state index in [0.29, 0.717) is 6.54 Å². The van der Waals surface area contributed by atoms with Crippen molar-refractivity contribution in [3.05, 3.63) is 52.7 Å². The Morgan fingerprint density at radius 2 is 2.15 bits per heavy atom. The van der Waals surface area contributed by atoms with Crippen molar-refractivity contribution in [1.82, 2.24) is 14.9 Å². The maximum atomic E-state index is 12.5. The van der Waals surface area contributed by atoms with Crippen LogP contribution in [0, 0.1) is 5.92 Å². The SMILES string of the molecule is C=CCN(C)c1cc2c(cc1Nc1ncnc3sc4c(c13)CC[C@H](C(=O)N(C)C)C4)C=NC2. The fourth-order valence-electron chi connectivity index (χ4n) is 4.76. The van der Waals surface area contributed by atoms with Crippen LogP contribution in [0.4, 0.5) is 17.2 Å². The Kier molecular flexibility index (Phi) is 5.62. The zero-order valence-corrected chi connectivity index (χ0v) is 20.1. The molecule has 1 atom stereocenters. The topological polar surface area (TPSA) is 73.7 Å². The minimum Gasteiger partial charge on any atom is -0.369 e. The molecule has 0 radical (unpaired) electrons. The van der Waals surface area contributed by atoms with E-state index in [1.165, 1.54) is 16.0 Å². The lowest BCUT2D eigenvalue weighted by Gasteiger charge is -2.25. The number of nitrogens with one attached hydrogen (secondary N) is 1. The summed E-state index contributed by atoms with van der Waals surface area (Å²) < 4.78 is 0. The molecule has 1 aromatic carbocycles. The molecule has 1 amide bonds. The number of rotatable bonds is 6. The summed E-state index contributed by atoms with van der Waals surface area (Å²) in [6.45, 7) is 5.34. The number of nitrogens with zero attached hydrogens (tertiary/aromatic N) is 5. The van der Waals surface area contributed by atoms with E-state index in [1.807, 2.05) is 26.4 Å². The van der Waals surface area contributed by atoms with Gasteiger partial charge in [-0.3, -0.25) is 9.79 Å². The van der Waals surface area contributed by atoms with Gasteiger partial charge in [0.15, 0.2) is 0 Å². The third-order valence-corrected chi connectivity index (χ3v) is 7.61. The van der Waals surface area contributed by atoms with Crippen LogP contribution < -0.4 is 10.2 Å². The van der Waals surface area contributed by atoms with Crippen LogP contribution >= 0.6 is 11.3 Å². The first-order valence-electron chi connectivity index (χ1n) is 11.2. The van der Waals surface area contributed by atoms with Crippen molar-refractivity contribution in [3.63, 3.8) is 0 Å². The van der Waals surface area contributed by atoms with Gasteiger partial charge in [-0.1, -0.05) is 6.08 Å². The van der Waals surface area contributed by atoms with E-state index < -0.39 is 0 Å². The van der Waals surface area contributed by atoms with Crippen molar-refractivity contribution >= 4 is 50.9 Å². The molecule has 3 heterocycles. The third kappa shape index (κ3) is 3.88. The van der Waals surface area contributed by atoms with Gasteiger partial charge in [0.1, 0.15) is 17.0 Å². The lowest BCUT2D eigenvalue weighted by Crippen LogP contribution is -2.32. The van der Waals surface area contributed by atoms with Gasteiger partial charge in [0.25, 0.3) is 0 Å². The van der Waals surface area contributed by atoms with Gasteiger partial charge >= 0.3 is 0 Å². The molecule has 1 aliphatic carbocycles. The van der Waals surface area contributed by atoms with E-state index in [1.54, 1.807) is 22.6 Å². The average Bonchev–Trinajstić information content (AvgIpc) is 3.41. The number of anilines is 3. The number of amides is 1. The van der Waals surface area contributed by atoms with Crippen molar-refractivity contribution < 1.29 is 4.79 Å². The minimum atomic E-state index is 0.0417. The highest BCUT2D eigenvalue weighted by Gasteiger charge is 2.30. The van der Waals surface area contributed by atoms with E-state index in [4.69, 9.17) is 0 Å². The Hall–Kier alpha value is -3.26. The quantitative estimate of drug-likeness (QED) is 0.559. The van der Waals surface area contributed by atoms with Crippen molar-refractivity contribution in [1.29, 1.82) is 0 Å². The average molecular weight is 461 g/mol. The third-order valence-electron chi connectivity index (χ3n) is 6.45. The molecule has 1 N–H and O–H groups in total. The molecule has 3 aromatic rings. The molecule has 0 saturated heterocycles. The first-order chi connectivity index (χ1) is 16.0. The highest BCUT2D eigenvalue weighted by Crippen LogP contribution is 2.42. The molecule has 0 spiro atoms. The molecule has 1 aliphatic heterocycles. The Morgan fingerprint density at radius 1 is 1.30 bits per heavy atom. The van der Waals surface area contributed by atoms with E-state index in [0.717, 1.165) is 58.8 Å². The second-order valence-electron chi connectivity index (χ2n) is 8.91. The lowest BCUT2D eigenvalue weighted by atomic mass is 9.87. The van der Waals surface area contributed by atoms with Crippen LogP contribution in [0.3, 0.4) is 0 Å². The number of thiophene rings is 1. The fourth-order valence-corrected chi connectivity index (χ4v) is 6.03. The summed E-state index contributed by atoms with van der Waals surface area (Å²) in [5, 5.41) is 4.70. The van der Waals surface area contributed by atoms with Crippen LogP contribution in [-0.4, -0.2) is 54.7 Å². The molecule has 0 saturated carbocycles. The predicted octanol–water partition coefficient (Wildman–Crippen LogP) is 4.18. The second-order valence-corrected chi connectivity index (χ2v) is 9.99. The van der Waals surface area contributed by atoms with Crippen LogP contribution in [-0.2, 0) is 24.2 Å². The number of hydrogen-bond acceptors (Lipinski definition) is 7. The maximum Gasteiger partial charge on any atom is 0.225 e. The highest BCUT2D eigenvalue weighted by atomic mass is 32.1. The van der Waals surface area contributed by atoms with Crippen LogP contribution in [0.25, 0.3) is 10.2 Å². The number of aromatic nitrogens is 2. The first kappa shape index (κ1) is 21.6. The summed E-state index contributed by atoms with van der Waals surface area (Å²) in [6, 6.07) is 4.35.